The molecule has 0 aromatic heterocycles. The topological polar surface area (TPSA) is 24.5 Å². The number of rotatable bonds is 7. The molecule has 3 nitrogen and oxygen atoms in total. The Bertz CT molecular complexity index is 243. The van der Waals surface area contributed by atoms with Gasteiger partial charge >= 0.3 is 0 Å². The van der Waals surface area contributed by atoms with Crippen LogP contribution in [-0.2, 0) is 4.74 Å². The van der Waals surface area contributed by atoms with Crippen LogP contribution in [0.5, 0.6) is 0 Å². The minimum atomic E-state index is 0.311. The molecule has 1 saturated carbocycles. The average molecular weight is 254 g/mol. The van der Waals surface area contributed by atoms with Gasteiger partial charge in [0.05, 0.1) is 0 Å². The van der Waals surface area contributed by atoms with Crippen molar-refractivity contribution in [1.82, 2.24) is 10.2 Å². The molecule has 1 N–H and O–H groups in total. The van der Waals surface area contributed by atoms with Crippen LogP contribution in [0.15, 0.2) is 0 Å². The Hall–Kier alpha value is -0.120. The van der Waals surface area contributed by atoms with E-state index >= 15 is 0 Å². The summed E-state index contributed by atoms with van der Waals surface area (Å²) in [6.45, 7) is 11.4. The van der Waals surface area contributed by atoms with Crippen molar-refractivity contribution < 1.29 is 4.74 Å². The molecule has 2 rings (SSSR count). The van der Waals surface area contributed by atoms with E-state index in [4.69, 9.17) is 4.74 Å². The van der Waals surface area contributed by atoms with Gasteiger partial charge in [-0.25, -0.2) is 0 Å². The zero-order valence-electron chi connectivity index (χ0n) is 12.2. The molecule has 1 atom stereocenters. The number of nitrogens with zero attached hydrogens (tertiary/aromatic N) is 1. The summed E-state index contributed by atoms with van der Waals surface area (Å²) < 4.78 is 5.72. The van der Waals surface area contributed by atoms with Crippen LogP contribution in [0.3, 0.4) is 0 Å². The van der Waals surface area contributed by atoms with Gasteiger partial charge in [0.15, 0.2) is 0 Å². The predicted octanol–water partition coefficient (Wildman–Crippen LogP) is 2.27. The standard InChI is InChI=1S/C15H30N2O/c1-3-15(2)13-17(9-4-8-16-15)10-5-11-18-12-14-6-7-14/h14,16H,3-13H2,1-2H3. The number of hydrogen-bond donors (Lipinski definition) is 1. The molecule has 2 fully saturated rings. The summed E-state index contributed by atoms with van der Waals surface area (Å²) in [5.41, 5.74) is 0.311. The third-order valence-electron chi connectivity index (χ3n) is 4.37. The molecule has 0 aromatic rings. The highest BCUT2D eigenvalue weighted by Gasteiger charge is 2.26. The lowest BCUT2D eigenvalue weighted by Crippen LogP contribution is -2.48. The van der Waals surface area contributed by atoms with Gasteiger partial charge in [-0.05, 0) is 58.0 Å². The predicted molar refractivity (Wildman–Crippen MR) is 75.9 cm³/mol. The van der Waals surface area contributed by atoms with E-state index in [1.165, 1.54) is 58.3 Å². The van der Waals surface area contributed by atoms with Crippen molar-refractivity contribution in [3.8, 4) is 0 Å². The van der Waals surface area contributed by atoms with Crippen molar-refractivity contribution >= 4 is 0 Å². The fourth-order valence-electron chi connectivity index (χ4n) is 2.67. The Labute approximate surface area is 112 Å². The van der Waals surface area contributed by atoms with Gasteiger partial charge in [-0.2, -0.15) is 0 Å². The van der Waals surface area contributed by atoms with E-state index in [-0.39, 0.29) is 0 Å². The molecule has 1 saturated heterocycles. The third-order valence-corrected chi connectivity index (χ3v) is 4.37. The number of nitrogens with one attached hydrogen (secondary N) is 1. The second-order valence-corrected chi connectivity index (χ2v) is 6.34. The molecule has 0 spiro atoms. The Morgan fingerprint density at radius 1 is 1.39 bits per heavy atom. The quantitative estimate of drug-likeness (QED) is 0.705. The van der Waals surface area contributed by atoms with Crippen molar-refractivity contribution in [2.45, 2.75) is 51.5 Å². The molecular weight excluding hydrogens is 224 g/mol. The maximum Gasteiger partial charge on any atom is 0.0494 e. The van der Waals surface area contributed by atoms with Crippen molar-refractivity contribution in [2.75, 3.05) is 39.4 Å². The van der Waals surface area contributed by atoms with Crippen LogP contribution < -0.4 is 5.32 Å². The minimum absolute atomic E-state index is 0.311. The van der Waals surface area contributed by atoms with Crippen LogP contribution in [-0.4, -0.2) is 49.8 Å². The summed E-state index contributed by atoms with van der Waals surface area (Å²) in [7, 11) is 0. The zero-order chi connectivity index (χ0) is 12.8. The smallest absolute Gasteiger partial charge is 0.0494 e. The molecule has 18 heavy (non-hydrogen) atoms. The molecule has 0 aromatic carbocycles. The molecular formula is C15H30N2O. The molecule has 0 amide bonds. The number of ether oxygens (including phenoxy) is 1. The van der Waals surface area contributed by atoms with Crippen molar-refractivity contribution in [1.29, 1.82) is 0 Å². The van der Waals surface area contributed by atoms with E-state index in [1.54, 1.807) is 0 Å². The van der Waals surface area contributed by atoms with Crippen LogP contribution in [0.25, 0.3) is 0 Å². The van der Waals surface area contributed by atoms with E-state index in [9.17, 15) is 0 Å². The summed E-state index contributed by atoms with van der Waals surface area (Å²) in [5, 5.41) is 3.69. The molecule has 1 unspecified atom stereocenters. The summed E-state index contributed by atoms with van der Waals surface area (Å²) in [6, 6.07) is 0. The van der Waals surface area contributed by atoms with Gasteiger partial charge in [0, 0.05) is 31.8 Å². The highest BCUT2D eigenvalue weighted by atomic mass is 16.5. The second kappa shape index (κ2) is 6.88. The Morgan fingerprint density at radius 3 is 2.94 bits per heavy atom. The SMILES string of the molecule is CCC1(C)CN(CCCOCC2CC2)CCCN1. The fourth-order valence-corrected chi connectivity index (χ4v) is 2.67. The first-order valence-electron chi connectivity index (χ1n) is 7.77. The van der Waals surface area contributed by atoms with Crippen LogP contribution in [0.4, 0.5) is 0 Å². The van der Waals surface area contributed by atoms with E-state index in [1.807, 2.05) is 0 Å². The first kappa shape index (κ1) is 14.3. The second-order valence-electron chi connectivity index (χ2n) is 6.34. The summed E-state index contributed by atoms with van der Waals surface area (Å²) in [5.74, 6) is 0.899. The van der Waals surface area contributed by atoms with E-state index in [2.05, 4.69) is 24.1 Å². The van der Waals surface area contributed by atoms with Gasteiger partial charge < -0.3 is 15.0 Å². The summed E-state index contributed by atoms with van der Waals surface area (Å²) in [4.78, 5) is 2.62. The first-order chi connectivity index (χ1) is 8.72. The van der Waals surface area contributed by atoms with Gasteiger partial charge in [-0.15, -0.1) is 0 Å². The van der Waals surface area contributed by atoms with Crippen LogP contribution >= 0.6 is 0 Å². The number of hydrogen-bond acceptors (Lipinski definition) is 3. The molecule has 1 aliphatic carbocycles. The molecule has 0 bridgehead atoms. The Balaban J connectivity index is 1.60. The normalized spacial score (nSPS) is 30.3. The monoisotopic (exact) mass is 254 g/mol. The van der Waals surface area contributed by atoms with Crippen molar-refractivity contribution in [3.05, 3.63) is 0 Å². The molecule has 1 heterocycles. The summed E-state index contributed by atoms with van der Waals surface area (Å²) in [6.07, 6.45) is 6.46. The lowest BCUT2D eigenvalue weighted by atomic mass is 9.98. The van der Waals surface area contributed by atoms with Crippen LogP contribution in [0, 0.1) is 5.92 Å². The van der Waals surface area contributed by atoms with Crippen molar-refractivity contribution in [2.24, 2.45) is 5.92 Å². The Kier molecular flexibility index (Phi) is 5.46. The van der Waals surface area contributed by atoms with Crippen LogP contribution in [0.1, 0.15) is 46.0 Å². The van der Waals surface area contributed by atoms with Gasteiger partial charge in [0.25, 0.3) is 0 Å². The molecule has 0 radical (unpaired) electrons. The van der Waals surface area contributed by atoms with E-state index in [0.717, 1.165) is 19.1 Å². The highest BCUT2D eigenvalue weighted by molar-refractivity contribution is 4.87. The third kappa shape index (κ3) is 4.87. The lowest BCUT2D eigenvalue weighted by Gasteiger charge is -2.32. The van der Waals surface area contributed by atoms with Crippen molar-refractivity contribution in [3.63, 3.8) is 0 Å². The zero-order valence-corrected chi connectivity index (χ0v) is 12.2. The van der Waals surface area contributed by atoms with Gasteiger partial charge in [-0.3, -0.25) is 0 Å². The van der Waals surface area contributed by atoms with E-state index < -0.39 is 0 Å². The van der Waals surface area contributed by atoms with Gasteiger partial charge in [0.2, 0.25) is 0 Å². The Morgan fingerprint density at radius 2 is 2.22 bits per heavy atom. The maximum atomic E-state index is 5.72. The van der Waals surface area contributed by atoms with Crippen LogP contribution in [0.2, 0.25) is 0 Å². The fraction of sp³-hybridized carbons (Fsp3) is 1.00. The van der Waals surface area contributed by atoms with Gasteiger partial charge in [-0.1, -0.05) is 6.92 Å². The molecule has 1 aliphatic heterocycles. The minimum Gasteiger partial charge on any atom is -0.381 e. The van der Waals surface area contributed by atoms with E-state index in [0.29, 0.717) is 5.54 Å². The molecule has 2 aliphatic rings. The first-order valence-corrected chi connectivity index (χ1v) is 7.77. The molecule has 106 valence electrons. The average Bonchev–Trinajstić information content (AvgIpc) is 3.18. The summed E-state index contributed by atoms with van der Waals surface area (Å²) >= 11 is 0. The lowest BCUT2D eigenvalue weighted by molar-refractivity contribution is 0.109. The van der Waals surface area contributed by atoms with Gasteiger partial charge in [0.1, 0.15) is 0 Å². The highest BCUT2D eigenvalue weighted by Crippen LogP contribution is 2.28. The largest absolute Gasteiger partial charge is 0.381 e. The maximum absolute atomic E-state index is 5.72. The molecule has 3 heteroatoms.